The number of nitrogens with zero attached hydrogens (tertiary/aromatic N) is 1. The quantitative estimate of drug-likeness (QED) is 0.588. The molecule has 2 saturated heterocycles. The van der Waals surface area contributed by atoms with E-state index in [1.54, 1.807) is 0 Å². The molecule has 0 saturated carbocycles. The number of aromatic nitrogens is 2. The van der Waals surface area contributed by atoms with Gasteiger partial charge in [-0.15, -0.1) is 0 Å². The lowest BCUT2D eigenvalue weighted by Gasteiger charge is -2.51. The number of aromatic amines is 1. The zero-order valence-electron chi connectivity index (χ0n) is 22.8. The van der Waals surface area contributed by atoms with Crippen molar-refractivity contribution in [2.24, 2.45) is 0 Å². The lowest BCUT2D eigenvalue weighted by molar-refractivity contribution is -0.302. The van der Waals surface area contributed by atoms with E-state index in [0.29, 0.717) is 18.7 Å². The van der Waals surface area contributed by atoms with Crippen molar-refractivity contribution in [3.8, 4) is 0 Å². The van der Waals surface area contributed by atoms with E-state index in [1.807, 2.05) is 13.8 Å². The van der Waals surface area contributed by atoms with Crippen molar-refractivity contribution in [1.82, 2.24) is 9.55 Å². The third-order valence-corrected chi connectivity index (χ3v) is 18.1. The number of rotatable bonds is 4. The highest BCUT2D eigenvalue weighted by Gasteiger charge is 2.64. The standard InChI is InChI=1S/C24H42N2O7Si2/c1-14(2)34(15(3)4)29-13-19-18(31-35(33-34,16(5)6)17(7)8)12-24(30-19)26-20(23(9,10)32-24)11-21(27)25-22(26)28/h11,14-19H,12-13H2,1-10H3,(H,25,27,28)/t18-,19+,24-/m0/s1. The molecule has 1 aromatic heterocycles. The van der Waals surface area contributed by atoms with Crippen molar-refractivity contribution in [1.29, 1.82) is 0 Å². The molecule has 1 spiro atoms. The first kappa shape index (κ1) is 27.0. The van der Waals surface area contributed by atoms with Crippen LogP contribution >= 0.6 is 0 Å². The van der Waals surface area contributed by atoms with Crippen LogP contribution in [0.1, 0.15) is 81.4 Å². The number of hydrogen-bond acceptors (Lipinski definition) is 7. The van der Waals surface area contributed by atoms with Crippen LogP contribution in [0.15, 0.2) is 15.7 Å². The van der Waals surface area contributed by atoms with E-state index in [4.69, 9.17) is 22.4 Å². The number of fused-ring (bicyclic) bond motifs is 3. The second-order valence-corrected chi connectivity index (χ2v) is 20.8. The van der Waals surface area contributed by atoms with Gasteiger partial charge in [0.15, 0.2) is 0 Å². The molecule has 1 N–H and O–H groups in total. The van der Waals surface area contributed by atoms with E-state index in [2.05, 4.69) is 60.4 Å². The van der Waals surface area contributed by atoms with Crippen LogP contribution in [-0.4, -0.2) is 45.5 Å². The van der Waals surface area contributed by atoms with Gasteiger partial charge in [-0.3, -0.25) is 9.78 Å². The average molecular weight is 527 g/mol. The van der Waals surface area contributed by atoms with Gasteiger partial charge in [-0.05, 0) is 36.0 Å². The normalized spacial score (nSPS) is 31.3. The Morgan fingerprint density at radius 3 is 2.06 bits per heavy atom. The molecule has 0 aliphatic carbocycles. The van der Waals surface area contributed by atoms with Crippen molar-refractivity contribution in [3.63, 3.8) is 0 Å². The number of H-pyrrole nitrogens is 1. The van der Waals surface area contributed by atoms with Crippen LogP contribution in [0.25, 0.3) is 0 Å². The van der Waals surface area contributed by atoms with Gasteiger partial charge in [-0.2, -0.15) is 0 Å². The minimum absolute atomic E-state index is 0.179. The summed E-state index contributed by atoms with van der Waals surface area (Å²) in [6, 6.07) is 1.41. The number of nitrogens with one attached hydrogen (secondary N) is 1. The predicted molar refractivity (Wildman–Crippen MR) is 137 cm³/mol. The van der Waals surface area contributed by atoms with E-state index < -0.39 is 46.0 Å². The molecule has 1 aromatic rings. The average Bonchev–Trinajstić information content (AvgIpc) is 3.13. The summed E-state index contributed by atoms with van der Waals surface area (Å²) in [5, 5.41) is 0. The smallest absolute Gasteiger partial charge is 0.335 e. The first-order valence-corrected chi connectivity index (χ1v) is 16.8. The van der Waals surface area contributed by atoms with Crippen LogP contribution < -0.4 is 11.2 Å². The molecule has 198 valence electrons. The predicted octanol–water partition coefficient (Wildman–Crippen LogP) is 4.16. The largest absolute Gasteiger partial charge is 0.414 e. The lowest BCUT2D eigenvalue weighted by atomic mass is 10.1. The fourth-order valence-electron chi connectivity index (χ4n) is 6.15. The molecule has 3 aliphatic rings. The molecule has 4 heterocycles. The Kier molecular flexibility index (Phi) is 6.74. The molecule has 11 heteroatoms. The van der Waals surface area contributed by atoms with Gasteiger partial charge in [0, 0.05) is 6.07 Å². The van der Waals surface area contributed by atoms with Crippen LogP contribution in [-0.2, 0) is 34.0 Å². The summed E-state index contributed by atoms with van der Waals surface area (Å²) >= 11 is 0. The van der Waals surface area contributed by atoms with Crippen molar-refractivity contribution in [2.45, 2.75) is 122 Å². The van der Waals surface area contributed by atoms with Gasteiger partial charge < -0.3 is 22.4 Å². The molecule has 0 unspecified atom stereocenters. The Morgan fingerprint density at radius 1 is 0.943 bits per heavy atom. The highest BCUT2D eigenvalue weighted by molar-refractivity contribution is 6.83. The van der Waals surface area contributed by atoms with E-state index in [9.17, 15) is 9.59 Å². The first-order valence-electron chi connectivity index (χ1n) is 12.9. The summed E-state index contributed by atoms with van der Waals surface area (Å²) < 4.78 is 35.6. The molecule has 3 atom stereocenters. The van der Waals surface area contributed by atoms with Crippen molar-refractivity contribution in [2.75, 3.05) is 6.61 Å². The highest BCUT2D eigenvalue weighted by atomic mass is 28.5. The van der Waals surface area contributed by atoms with Crippen LogP contribution in [0, 0.1) is 0 Å². The van der Waals surface area contributed by atoms with Gasteiger partial charge in [-0.25, -0.2) is 9.36 Å². The molecule has 2 fully saturated rings. The lowest BCUT2D eigenvalue weighted by Crippen LogP contribution is -2.65. The van der Waals surface area contributed by atoms with Gasteiger partial charge in [0.1, 0.15) is 11.7 Å². The maximum atomic E-state index is 13.0. The SMILES string of the molecule is CC(C)[Si]1(C(C)C)OC[C@H]2O[C@@]3(C[C@@H]2O[Si](C(C)C)(C(C)C)O1)OC(C)(C)c1cc(=O)[nH]c(=O)n13. The Bertz CT molecular complexity index is 1060. The summed E-state index contributed by atoms with van der Waals surface area (Å²) in [6.07, 6.45) is -0.509. The molecule has 0 amide bonds. The van der Waals surface area contributed by atoms with Crippen molar-refractivity contribution < 1.29 is 22.4 Å². The Morgan fingerprint density at radius 2 is 1.51 bits per heavy atom. The molecule has 4 rings (SSSR count). The molecule has 0 bridgehead atoms. The van der Waals surface area contributed by atoms with Crippen LogP contribution in [0.3, 0.4) is 0 Å². The molecular weight excluding hydrogens is 484 g/mol. The number of hydrogen-bond donors (Lipinski definition) is 1. The third-order valence-electron chi connectivity index (χ3n) is 7.87. The fraction of sp³-hybridized carbons (Fsp3) is 0.833. The topological polar surface area (TPSA) is 101 Å². The van der Waals surface area contributed by atoms with Crippen LogP contribution in [0.5, 0.6) is 0 Å². The minimum atomic E-state index is -2.83. The molecular formula is C24H42N2O7Si2. The summed E-state index contributed by atoms with van der Waals surface area (Å²) in [7, 11) is -5.54. The minimum Gasteiger partial charge on any atom is -0.414 e. The molecule has 0 radical (unpaired) electrons. The summed E-state index contributed by atoms with van der Waals surface area (Å²) in [5.74, 6) is -1.38. The zero-order chi connectivity index (χ0) is 26.1. The molecule has 35 heavy (non-hydrogen) atoms. The summed E-state index contributed by atoms with van der Waals surface area (Å²) in [4.78, 5) is 27.5. The van der Waals surface area contributed by atoms with Crippen LogP contribution in [0.2, 0.25) is 22.2 Å². The molecule has 9 nitrogen and oxygen atoms in total. The first-order chi connectivity index (χ1) is 16.1. The second-order valence-electron chi connectivity index (χ2n) is 12.0. The Labute approximate surface area is 210 Å². The van der Waals surface area contributed by atoms with Gasteiger partial charge in [0.25, 0.3) is 11.5 Å². The zero-order valence-corrected chi connectivity index (χ0v) is 24.8. The molecule has 0 aromatic carbocycles. The summed E-state index contributed by atoms with van der Waals surface area (Å²) in [6.45, 7) is 21.4. The molecule has 3 aliphatic heterocycles. The number of ether oxygens (including phenoxy) is 2. The monoisotopic (exact) mass is 526 g/mol. The van der Waals surface area contributed by atoms with Gasteiger partial charge in [0.05, 0.1) is 24.8 Å². The van der Waals surface area contributed by atoms with E-state index in [0.717, 1.165) is 0 Å². The second kappa shape index (κ2) is 8.74. The highest BCUT2D eigenvalue weighted by Crippen LogP contribution is 2.52. The van der Waals surface area contributed by atoms with E-state index in [-0.39, 0.29) is 28.3 Å². The van der Waals surface area contributed by atoms with E-state index in [1.165, 1.54) is 10.6 Å². The van der Waals surface area contributed by atoms with E-state index >= 15 is 0 Å². The van der Waals surface area contributed by atoms with Gasteiger partial charge in [0.2, 0.25) is 0 Å². The van der Waals surface area contributed by atoms with Crippen molar-refractivity contribution in [3.05, 3.63) is 32.6 Å². The Balaban J connectivity index is 1.83. The fourth-order valence-corrected chi connectivity index (χ4v) is 17.4. The van der Waals surface area contributed by atoms with Gasteiger partial charge >= 0.3 is 22.8 Å². The Hall–Kier alpha value is -1.09. The maximum absolute atomic E-state index is 13.0. The summed E-state index contributed by atoms with van der Waals surface area (Å²) in [5.41, 5.74) is -0.604. The maximum Gasteiger partial charge on any atom is 0.335 e. The van der Waals surface area contributed by atoms with Gasteiger partial charge in [-0.1, -0.05) is 55.4 Å². The van der Waals surface area contributed by atoms with Crippen molar-refractivity contribution >= 4 is 17.1 Å². The third kappa shape index (κ3) is 4.07. The van der Waals surface area contributed by atoms with Crippen LogP contribution in [0.4, 0.5) is 0 Å².